The van der Waals surface area contributed by atoms with E-state index < -0.39 is 0 Å². The molecule has 0 N–H and O–H groups in total. The van der Waals surface area contributed by atoms with Crippen LogP contribution in [0.3, 0.4) is 0 Å². The first-order valence-electron chi connectivity index (χ1n) is 17.7. The fraction of sp³-hybridized carbons (Fsp3) is 0.0625. The molecular formula is C48H34N4. The summed E-state index contributed by atoms with van der Waals surface area (Å²) in [5, 5.41) is 2.33. The van der Waals surface area contributed by atoms with Gasteiger partial charge in [-0.1, -0.05) is 98.8 Å². The number of pyridine rings is 3. The smallest absolute Gasteiger partial charge is 0.0731 e. The molecule has 0 saturated carbocycles. The summed E-state index contributed by atoms with van der Waals surface area (Å²) < 4.78 is 2.32. The summed E-state index contributed by atoms with van der Waals surface area (Å²) in [4.78, 5) is 14.1. The third kappa shape index (κ3) is 4.79. The minimum atomic E-state index is -0.0736. The average Bonchev–Trinajstić information content (AvgIpc) is 3.66. The number of nitrogens with zero attached hydrogens (tertiary/aromatic N) is 4. The molecule has 0 unspecified atom stereocenters. The van der Waals surface area contributed by atoms with Crippen LogP contribution in [0.25, 0.3) is 83.4 Å². The molecule has 0 fully saturated rings. The SMILES string of the molecule is CC1(C)c2ccccc2-c2ccc(-c3cc(-c4ccc(-c5ccc6c(c5)c5cnccc5n6-c5ccccc5)cc4)nc(-c4cccnc4)c3)cc21. The highest BCUT2D eigenvalue weighted by Gasteiger charge is 2.35. The maximum absolute atomic E-state index is 5.19. The maximum atomic E-state index is 5.19. The van der Waals surface area contributed by atoms with Crippen LogP contribution in [0.4, 0.5) is 0 Å². The topological polar surface area (TPSA) is 43.6 Å². The summed E-state index contributed by atoms with van der Waals surface area (Å²) in [6.45, 7) is 4.66. The zero-order chi connectivity index (χ0) is 34.8. The second-order valence-electron chi connectivity index (χ2n) is 14.2. The van der Waals surface area contributed by atoms with Crippen molar-refractivity contribution < 1.29 is 0 Å². The summed E-state index contributed by atoms with van der Waals surface area (Å²) in [6.07, 6.45) is 7.54. The van der Waals surface area contributed by atoms with E-state index in [1.807, 2.05) is 24.7 Å². The molecule has 0 radical (unpaired) electrons. The highest BCUT2D eigenvalue weighted by Crippen LogP contribution is 2.49. The third-order valence-electron chi connectivity index (χ3n) is 10.8. The molecule has 246 valence electrons. The van der Waals surface area contributed by atoms with Gasteiger partial charge in [-0.25, -0.2) is 4.98 Å². The van der Waals surface area contributed by atoms with Gasteiger partial charge in [0.15, 0.2) is 0 Å². The van der Waals surface area contributed by atoms with Crippen molar-refractivity contribution >= 4 is 21.8 Å². The van der Waals surface area contributed by atoms with Crippen molar-refractivity contribution in [1.82, 2.24) is 19.5 Å². The molecule has 0 atom stereocenters. The van der Waals surface area contributed by atoms with E-state index in [1.54, 1.807) is 6.20 Å². The van der Waals surface area contributed by atoms with Gasteiger partial charge in [0.2, 0.25) is 0 Å². The van der Waals surface area contributed by atoms with Gasteiger partial charge in [0.25, 0.3) is 0 Å². The fourth-order valence-electron chi connectivity index (χ4n) is 8.13. The van der Waals surface area contributed by atoms with Gasteiger partial charge in [0.05, 0.1) is 22.4 Å². The van der Waals surface area contributed by atoms with Crippen LogP contribution in [-0.2, 0) is 5.41 Å². The highest BCUT2D eigenvalue weighted by atomic mass is 15.0. The van der Waals surface area contributed by atoms with Crippen LogP contribution in [-0.4, -0.2) is 19.5 Å². The molecule has 9 aromatic rings. The Morgan fingerprint density at radius 3 is 1.94 bits per heavy atom. The molecule has 1 aliphatic carbocycles. The first kappa shape index (κ1) is 30.2. The minimum absolute atomic E-state index is 0.0736. The van der Waals surface area contributed by atoms with E-state index in [0.717, 1.165) is 61.3 Å². The van der Waals surface area contributed by atoms with Crippen LogP contribution in [0.1, 0.15) is 25.0 Å². The van der Waals surface area contributed by atoms with Gasteiger partial charge in [-0.15, -0.1) is 0 Å². The van der Waals surface area contributed by atoms with Crippen LogP contribution in [0.5, 0.6) is 0 Å². The van der Waals surface area contributed by atoms with E-state index in [9.17, 15) is 0 Å². The zero-order valence-electron chi connectivity index (χ0n) is 29.0. The monoisotopic (exact) mass is 666 g/mol. The molecule has 52 heavy (non-hydrogen) atoms. The third-order valence-corrected chi connectivity index (χ3v) is 10.8. The number of aromatic nitrogens is 4. The minimum Gasteiger partial charge on any atom is -0.309 e. The molecule has 4 heterocycles. The van der Waals surface area contributed by atoms with E-state index in [2.05, 4.69) is 168 Å². The molecule has 0 amide bonds. The lowest BCUT2D eigenvalue weighted by atomic mass is 9.81. The van der Waals surface area contributed by atoms with E-state index >= 15 is 0 Å². The lowest BCUT2D eigenvalue weighted by Crippen LogP contribution is -2.14. The van der Waals surface area contributed by atoms with Gasteiger partial charge < -0.3 is 4.57 Å². The normalized spacial score (nSPS) is 13.0. The van der Waals surface area contributed by atoms with Crippen molar-refractivity contribution in [3.63, 3.8) is 0 Å². The summed E-state index contributed by atoms with van der Waals surface area (Å²) in [5.74, 6) is 0. The zero-order valence-corrected chi connectivity index (χ0v) is 29.0. The molecule has 0 spiro atoms. The quantitative estimate of drug-likeness (QED) is 0.184. The Bertz CT molecular complexity index is 2800. The van der Waals surface area contributed by atoms with Crippen LogP contribution < -0.4 is 0 Å². The van der Waals surface area contributed by atoms with Gasteiger partial charge in [0, 0.05) is 57.8 Å². The van der Waals surface area contributed by atoms with Crippen molar-refractivity contribution in [2.24, 2.45) is 0 Å². The lowest BCUT2D eigenvalue weighted by molar-refractivity contribution is 0.660. The van der Waals surface area contributed by atoms with Crippen LogP contribution in [0.2, 0.25) is 0 Å². The van der Waals surface area contributed by atoms with Crippen LogP contribution >= 0.6 is 0 Å². The summed E-state index contributed by atoms with van der Waals surface area (Å²) in [7, 11) is 0. The Morgan fingerprint density at radius 1 is 0.442 bits per heavy atom. The highest BCUT2D eigenvalue weighted by molar-refractivity contribution is 6.10. The summed E-state index contributed by atoms with van der Waals surface area (Å²) >= 11 is 0. The number of hydrogen-bond donors (Lipinski definition) is 0. The van der Waals surface area contributed by atoms with E-state index in [4.69, 9.17) is 4.98 Å². The molecule has 0 saturated heterocycles. The van der Waals surface area contributed by atoms with Gasteiger partial charge >= 0.3 is 0 Å². The van der Waals surface area contributed by atoms with Gasteiger partial charge in [-0.2, -0.15) is 0 Å². The van der Waals surface area contributed by atoms with Crippen LogP contribution in [0.15, 0.2) is 170 Å². The van der Waals surface area contributed by atoms with Gasteiger partial charge in [-0.3, -0.25) is 9.97 Å². The lowest BCUT2D eigenvalue weighted by Gasteiger charge is -2.22. The maximum Gasteiger partial charge on any atom is 0.0731 e. The van der Waals surface area contributed by atoms with E-state index in [0.29, 0.717) is 0 Å². The summed E-state index contributed by atoms with van der Waals surface area (Å²) in [6, 6.07) is 52.4. The predicted octanol–water partition coefficient (Wildman–Crippen LogP) is 11.9. The van der Waals surface area contributed by atoms with E-state index in [1.165, 1.54) is 33.2 Å². The number of para-hydroxylation sites is 1. The standard InChI is InChI=1S/C48H34N4/c1-48(2)42-13-7-6-12-38(42)39-20-18-34(26-43(39)48)36-27-44(51-45(28-36)35-9-8-23-49-29-35)32-16-14-31(15-17-32)33-19-21-46-40(25-33)41-30-50-24-22-47(41)52(46)37-10-4-3-5-11-37/h3-30H,1-2H3. The van der Waals surface area contributed by atoms with Gasteiger partial charge in [0.1, 0.15) is 0 Å². The Labute approximate surface area is 302 Å². The molecule has 1 aliphatic rings. The molecule has 4 heteroatoms. The molecule has 0 bridgehead atoms. The molecule has 0 aliphatic heterocycles. The van der Waals surface area contributed by atoms with Crippen LogP contribution in [0, 0.1) is 0 Å². The second kappa shape index (κ2) is 11.7. The molecular weight excluding hydrogens is 633 g/mol. The Morgan fingerprint density at radius 2 is 1.12 bits per heavy atom. The molecule has 4 nitrogen and oxygen atoms in total. The Kier molecular flexibility index (Phi) is 6.80. The van der Waals surface area contributed by atoms with E-state index in [-0.39, 0.29) is 5.41 Å². The average molecular weight is 667 g/mol. The number of hydrogen-bond acceptors (Lipinski definition) is 3. The van der Waals surface area contributed by atoms with Crippen molar-refractivity contribution in [2.45, 2.75) is 19.3 Å². The first-order valence-corrected chi connectivity index (χ1v) is 17.7. The summed E-state index contributed by atoms with van der Waals surface area (Å²) in [5.41, 5.74) is 17.3. The molecule has 4 aromatic heterocycles. The number of benzene rings is 5. The molecule has 5 aromatic carbocycles. The van der Waals surface area contributed by atoms with Crippen molar-refractivity contribution in [2.75, 3.05) is 0 Å². The largest absolute Gasteiger partial charge is 0.309 e. The number of rotatable bonds is 5. The second-order valence-corrected chi connectivity index (χ2v) is 14.2. The van der Waals surface area contributed by atoms with Crippen molar-refractivity contribution in [3.05, 3.63) is 182 Å². The first-order chi connectivity index (χ1) is 25.5. The fourth-order valence-corrected chi connectivity index (χ4v) is 8.13. The predicted molar refractivity (Wildman–Crippen MR) is 213 cm³/mol. The van der Waals surface area contributed by atoms with Crippen molar-refractivity contribution in [3.8, 4) is 61.6 Å². The molecule has 10 rings (SSSR count). The Hall–Kier alpha value is -6.65. The number of fused-ring (bicyclic) bond motifs is 6. The van der Waals surface area contributed by atoms with Crippen molar-refractivity contribution in [1.29, 1.82) is 0 Å². The Balaban J connectivity index is 1.06. The van der Waals surface area contributed by atoms with Gasteiger partial charge in [-0.05, 0) is 105 Å².